The van der Waals surface area contributed by atoms with E-state index in [1.807, 2.05) is 24.3 Å². The summed E-state index contributed by atoms with van der Waals surface area (Å²) in [4.78, 5) is 24.5. The van der Waals surface area contributed by atoms with Crippen LogP contribution in [-0.4, -0.2) is 32.2 Å². The van der Waals surface area contributed by atoms with E-state index in [1.54, 1.807) is 12.1 Å². The molecule has 0 fully saturated rings. The van der Waals surface area contributed by atoms with Crippen LogP contribution in [0.4, 0.5) is 0 Å². The van der Waals surface area contributed by atoms with E-state index in [1.165, 1.54) is 7.11 Å². The third-order valence-corrected chi connectivity index (χ3v) is 5.24. The van der Waals surface area contributed by atoms with Gasteiger partial charge in [-0.25, -0.2) is 0 Å². The van der Waals surface area contributed by atoms with Crippen LogP contribution in [0, 0.1) is 0 Å². The molecule has 1 N–H and O–H groups in total. The SMILES string of the molecule is COC(=O)CC(NC(=O)Cc1cc(Cl)c2c(c1)OCCCO2)c1ccc(Br)cc1. The monoisotopic (exact) mass is 481 g/mol. The van der Waals surface area contributed by atoms with Gasteiger partial charge in [0.25, 0.3) is 0 Å². The number of amides is 1. The van der Waals surface area contributed by atoms with Crippen LogP contribution in [0.5, 0.6) is 11.5 Å². The predicted molar refractivity (Wildman–Crippen MR) is 112 cm³/mol. The van der Waals surface area contributed by atoms with E-state index in [2.05, 4.69) is 21.2 Å². The topological polar surface area (TPSA) is 73.9 Å². The largest absolute Gasteiger partial charge is 0.489 e. The summed E-state index contributed by atoms with van der Waals surface area (Å²) < 4.78 is 17.0. The van der Waals surface area contributed by atoms with Crippen molar-refractivity contribution in [3.05, 3.63) is 57.0 Å². The Morgan fingerprint density at radius 2 is 1.93 bits per heavy atom. The molecule has 1 aliphatic heterocycles. The van der Waals surface area contributed by atoms with Gasteiger partial charge in [0.05, 0.1) is 44.2 Å². The lowest BCUT2D eigenvalue weighted by Crippen LogP contribution is -2.31. The molecule has 3 rings (SSSR count). The van der Waals surface area contributed by atoms with Crippen LogP contribution in [-0.2, 0) is 20.7 Å². The summed E-state index contributed by atoms with van der Waals surface area (Å²) >= 11 is 9.69. The Bertz CT molecular complexity index is 887. The number of ether oxygens (including phenoxy) is 3. The summed E-state index contributed by atoms with van der Waals surface area (Å²) in [5.74, 6) is 0.396. The maximum Gasteiger partial charge on any atom is 0.307 e. The molecule has 0 saturated heterocycles. The highest BCUT2D eigenvalue weighted by atomic mass is 79.9. The van der Waals surface area contributed by atoms with Gasteiger partial charge in [0.2, 0.25) is 5.91 Å². The highest BCUT2D eigenvalue weighted by Gasteiger charge is 2.21. The molecule has 1 unspecified atom stereocenters. The van der Waals surface area contributed by atoms with Gasteiger partial charge in [-0.2, -0.15) is 0 Å². The molecule has 6 nitrogen and oxygen atoms in total. The van der Waals surface area contributed by atoms with Crippen molar-refractivity contribution in [1.29, 1.82) is 0 Å². The lowest BCUT2D eigenvalue weighted by Gasteiger charge is -2.19. The Hall–Kier alpha value is -2.25. The van der Waals surface area contributed by atoms with Crippen LogP contribution in [0.2, 0.25) is 5.02 Å². The van der Waals surface area contributed by atoms with Gasteiger partial charge in [-0.3, -0.25) is 9.59 Å². The van der Waals surface area contributed by atoms with Gasteiger partial charge in [0.15, 0.2) is 11.5 Å². The van der Waals surface area contributed by atoms with E-state index < -0.39 is 12.0 Å². The van der Waals surface area contributed by atoms with Crippen LogP contribution >= 0.6 is 27.5 Å². The first-order chi connectivity index (χ1) is 14.0. The second-order valence-electron chi connectivity index (χ2n) is 6.58. The van der Waals surface area contributed by atoms with Crippen molar-refractivity contribution in [1.82, 2.24) is 5.32 Å². The standard InChI is InChI=1S/C21H21BrClNO5/c1-27-20(26)12-17(14-3-5-15(22)6-4-14)24-19(25)11-13-9-16(23)21-18(10-13)28-7-2-8-29-21/h3-6,9-10,17H,2,7-8,11-12H2,1H3,(H,24,25). The maximum atomic E-state index is 12.7. The van der Waals surface area contributed by atoms with E-state index in [0.29, 0.717) is 35.3 Å². The molecule has 0 radical (unpaired) electrons. The number of hydrogen-bond donors (Lipinski definition) is 1. The number of carbonyl (C=O) groups excluding carboxylic acids is 2. The average Bonchev–Trinajstić information content (AvgIpc) is 2.94. The second-order valence-corrected chi connectivity index (χ2v) is 7.91. The fourth-order valence-electron chi connectivity index (χ4n) is 3.01. The minimum Gasteiger partial charge on any atom is -0.489 e. The zero-order chi connectivity index (χ0) is 20.8. The molecule has 0 saturated carbocycles. The molecule has 0 aromatic heterocycles. The molecule has 1 amide bonds. The summed E-state index contributed by atoms with van der Waals surface area (Å²) in [5.41, 5.74) is 1.51. The van der Waals surface area contributed by atoms with E-state index in [9.17, 15) is 9.59 Å². The molecule has 1 aliphatic rings. The molecule has 1 atom stereocenters. The average molecular weight is 483 g/mol. The molecule has 29 heavy (non-hydrogen) atoms. The van der Waals surface area contributed by atoms with Crippen LogP contribution in [0.3, 0.4) is 0 Å². The fourth-order valence-corrected chi connectivity index (χ4v) is 3.57. The summed E-state index contributed by atoms with van der Waals surface area (Å²) in [6, 6.07) is 10.4. The van der Waals surface area contributed by atoms with E-state index in [0.717, 1.165) is 16.5 Å². The first kappa shape index (κ1) is 21.5. The van der Waals surface area contributed by atoms with Gasteiger partial charge < -0.3 is 19.5 Å². The van der Waals surface area contributed by atoms with Crippen molar-refractivity contribution < 1.29 is 23.8 Å². The highest BCUT2D eigenvalue weighted by Crippen LogP contribution is 2.38. The number of benzene rings is 2. The number of fused-ring (bicyclic) bond motifs is 1. The maximum absolute atomic E-state index is 12.7. The summed E-state index contributed by atoms with van der Waals surface area (Å²) in [7, 11) is 1.32. The Labute approximate surface area is 182 Å². The lowest BCUT2D eigenvalue weighted by molar-refractivity contribution is -0.141. The van der Waals surface area contributed by atoms with Gasteiger partial charge in [-0.15, -0.1) is 0 Å². The molecule has 154 valence electrons. The van der Waals surface area contributed by atoms with E-state index in [-0.39, 0.29) is 18.7 Å². The quantitative estimate of drug-likeness (QED) is 0.624. The minimum absolute atomic E-state index is 0.0335. The molecular weight excluding hydrogens is 462 g/mol. The molecular formula is C21H21BrClNO5. The summed E-state index contributed by atoms with van der Waals surface area (Å²) in [6.07, 6.45) is 0.888. The molecule has 0 bridgehead atoms. The number of halogens is 2. The third-order valence-electron chi connectivity index (χ3n) is 4.43. The van der Waals surface area contributed by atoms with Crippen LogP contribution in [0.1, 0.15) is 30.0 Å². The number of methoxy groups -OCH3 is 1. The van der Waals surface area contributed by atoms with Gasteiger partial charge in [0.1, 0.15) is 0 Å². The van der Waals surface area contributed by atoms with Crippen molar-refractivity contribution in [2.24, 2.45) is 0 Å². The molecule has 0 spiro atoms. The summed E-state index contributed by atoms with van der Waals surface area (Å²) in [5, 5.41) is 3.32. The molecule has 0 aliphatic carbocycles. The second kappa shape index (κ2) is 9.98. The minimum atomic E-state index is -0.501. The molecule has 2 aromatic carbocycles. The predicted octanol–water partition coefficient (Wildman–Crippen LogP) is 4.23. The van der Waals surface area contributed by atoms with E-state index in [4.69, 9.17) is 25.8 Å². The van der Waals surface area contributed by atoms with Gasteiger partial charge in [-0.05, 0) is 35.4 Å². The zero-order valence-electron chi connectivity index (χ0n) is 15.9. The number of nitrogens with one attached hydrogen (secondary N) is 1. The van der Waals surface area contributed by atoms with Crippen LogP contribution in [0.15, 0.2) is 40.9 Å². The Morgan fingerprint density at radius 3 is 2.66 bits per heavy atom. The number of rotatable bonds is 6. The molecule has 1 heterocycles. The first-order valence-corrected chi connectivity index (χ1v) is 10.3. The normalized spacial score (nSPS) is 13.9. The van der Waals surface area contributed by atoms with Gasteiger partial charge in [-0.1, -0.05) is 39.7 Å². The van der Waals surface area contributed by atoms with Gasteiger partial charge >= 0.3 is 5.97 Å². The van der Waals surface area contributed by atoms with Crippen molar-refractivity contribution >= 4 is 39.4 Å². The van der Waals surface area contributed by atoms with Crippen molar-refractivity contribution in [3.63, 3.8) is 0 Å². The van der Waals surface area contributed by atoms with Crippen molar-refractivity contribution in [2.75, 3.05) is 20.3 Å². The Morgan fingerprint density at radius 1 is 1.21 bits per heavy atom. The zero-order valence-corrected chi connectivity index (χ0v) is 18.2. The van der Waals surface area contributed by atoms with Gasteiger partial charge in [0, 0.05) is 10.9 Å². The Balaban J connectivity index is 1.74. The smallest absolute Gasteiger partial charge is 0.307 e. The van der Waals surface area contributed by atoms with Crippen LogP contribution in [0.25, 0.3) is 0 Å². The fraction of sp³-hybridized carbons (Fsp3) is 0.333. The van der Waals surface area contributed by atoms with E-state index >= 15 is 0 Å². The third kappa shape index (κ3) is 5.87. The Kier molecular flexibility index (Phi) is 7.39. The first-order valence-electron chi connectivity index (χ1n) is 9.16. The lowest BCUT2D eigenvalue weighted by atomic mass is 10.0. The van der Waals surface area contributed by atoms with Crippen molar-refractivity contribution in [2.45, 2.75) is 25.3 Å². The number of carbonyl (C=O) groups is 2. The summed E-state index contributed by atoms with van der Waals surface area (Å²) in [6.45, 7) is 1.07. The van der Waals surface area contributed by atoms with Crippen LogP contribution < -0.4 is 14.8 Å². The number of hydrogen-bond acceptors (Lipinski definition) is 5. The molecule has 8 heteroatoms. The molecule has 2 aromatic rings. The van der Waals surface area contributed by atoms with Crippen molar-refractivity contribution in [3.8, 4) is 11.5 Å². The highest BCUT2D eigenvalue weighted by molar-refractivity contribution is 9.10. The number of esters is 1.